The molecule has 0 unspecified atom stereocenters. The van der Waals surface area contributed by atoms with Crippen molar-refractivity contribution in [2.45, 2.75) is 0 Å². The Hall–Kier alpha value is -2.96. The Kier molecular flexibility index (Phi) is 3.00. The van der Waals surface area contributed by atoms with Crippen LogP contribution in [0.2, 0.25) is 0 Å². The number of amides is 1. The van der Waals surface area contributed by atoms with E-state index in [0.29, 0.717) is 28.3 Å². The Morgan fingerprint density at radius 2 is 2.00 bits per heavy atom. The fourth-order valence-electron chi connectivity index (χ4n) is 1.78. The van der Waals surface area contributed by atoms with Crippen LogP contribution in [0.1, 0.15) is 10.4 Å². The third kappa shape index (κ3) is 2.16. The van der Waals surface area contributed by atoms with E-state index in [9.17, 15) is 4.79 Å². The van der Waals surface area contributed by atoms with Crippen LogP contribution in [0, 0.1) is 0 Å². The molecule has 0 aliphatic carbocycles. The highest BCUT2D eigenvalue weighted by atomic mass is 16.5. The Morgan fingerprint density at radius 1 is 1.20 bits per heavy atom. The predicted molar refractivity (Wildman–Crippen MR) is 72.6 cm³/mol. The molecular weight excluding hydrogens is 258 g/mol. The molecular formula is C13H11N5O2. The number of imidazole rings is 1. The maximum Gasteiger partial charge on any atom is 0.256 e. The number of aromatic nitrogens is 4. The van der Waals surface area contributed by atoms with Gasteiger partial charge in [0.2, 0.25) is 0 Å². The minimum atomic E-state index is -0.268. The molecule has 0 fully saturated rings. The number of aromatic amines is 1. The zero-order chi connectivity index (χ0) is 13.9. The van der Waals surface area contributed by atoms with Crippen LogP contribution >= 0.6 is 0 Å². The summed E-state index contributed by atoms with van der Waals surface area (Å²) in [6.45, 7) is 0. The first kappa shape index (κ1) is 12.1. The fraction of sp³-hybridized carbons (Fsp3) is 0.0769. The first-order valence-corrected chi connectivity index (χ1v) is 5.87. The molecule has 3 rings (SSSR count). The molecule has 0 radical (unpaired) electrons. The second-order valence-corrected chi connectivity index (χ2v) is 4.00. The van der Waals surface area contributed by atoms with Gasteiger partial charge in [-0.3, -0.25) is 4.79 Å². The molecule has 20 heavy (non-hydrogen) atoms. The van der Waals surface area contributed by atoms with E-state index in [1.807, 2.05) is 0 Å². The smallest absolute Gasteiger partial charge is 0.256 e. The highest BCUT2D eigenvalue weighted by Gasteiger charge is 2.11. The van der Waals surface area contributed by atoms with Gasteiger partial charge in [-0.25, -0.2) is 15.0 Å². The van der Waals surface area contributed by atoms with E-state index in [4.69, 9.17) is 4.74 Å². The molecule has 100 valence electrons. The minimum absolute atomic E-state index is 0.268. The highest BCUT2D eigenvalue weighted by molar-refractivity contribution is 6.06. The Balaban J connectivity index is 1.86. The van der Waals surface area contributed by atoms with Crippen LogP contribution in [-0.4, -0.2) is 33.0 Å². The largest absolute Gasteiger partial charge is 0.497 e. The zero-order valence-corrected chi connectivity index (χ0v) is 10.6. The molecule has 0 aliphatic rings. The Labute approximate surface area is 114 Å². The van der Waals surface area contributed by atoms with Crippen LogP contribution < -0.4 is 10.1 Å². The van der Waals surface area contributed by atoms with E-state index in [1.165, 1.54) is 12.7 Å². The molecule has 0 saturated carbocycles. The van der Waals surface area contributed by atoms with Crippen molar-refractivity contribution in [2.24, 2.45) is 0 Å². The summed E-state index contributed by atoms with van der Waals surface area (Å²) in [6, 6.07) is 6.80. The zero-order valence-electron chi connectivity index (χ0n) is 10.6. The molecule has 0 spiro atoms. The number of hydrogen-bond acceptors (Lipinski definition) is 5. The third-order valence-corrected chi connectivity index (χ3v) is 2.80. The van der Waals surface area contributed by atoms with Crippen molar-refractivity contribution in [3.05, 3.63) is 42.5 Å². The molecule has 0 saturated heterocycles. The monoisotopic (exact) mass is 269 g/mol. The van der Waals surface area contributed by atoms with E-state index in [2.05, 4.69) is 25.3 Å². The van der Waals surface area contributed by atoms with Gasteiger partial charge in [-0.15, -0.1) is 0 Å². The SMILES string of the molecule is COc1ccc(C(=O)Nc2ncnc3[nH]cnc23)cc1. The summed E-state index contributed by atoms with van der Waals surface area (Å²) in [5.74, 6) is 0.797. The summed E-state index contributed by atoms with van der Waals surface area (Å²) < 4.78 is 5.05. The Morgan fingerprint density at radius 3 is 2.75 bits per heavy atom. The van der Waals surface area contributed by atoms with Crippen LogP contribution in [0.15, 0.2) is 36.9 Å². The summed E-state index contributed by atoms with van der Waals surface area (Å²) in [4.78, 5) is 27.1. The molecule has 2 heterocycles. The number of carbonyl (C=O) groups is 1. The summed E-state index contributed by atoms with van der Waals surface area (Å²) in [6.07, 6.45) is 2.87. The number of H-pyrrole nitrogens is 1. The average Bonchev–Trinajstić information content (AvgIpc) is 2.97. The van der Waals surface area contributed by atoms with Gasteiger partial charge in [0.05, 0.1) is 13.4 Å². The number of benzene rings is 1. The minimum Gasteiger partial charge on any atom is -0.497 e. The number of ether oxygens (including phenoxy) is 1. The summed E-state index contributed by atoms with van der Waals surface area (Å²) >= 11 is 0. The van der Waals surface area contributed by atoms with Crippen LogP contribution in [0.25, 0.3) is 11.2 Å². The van der Waals surface area contributed by atoms with E-state index >= 15 is 0 Å². The van der Waals surface area contributed by atoms with E-state index in [1.54, 1.807) is 31.4 Å². The Bertz CT molecular complexity index is 751. The number of nitrogens with zero attached hydrogens (tertiary/aromatic N) is 3. The molecule has 7 heteroatoms. The van der Waals surface area contributed by atoms with Gasteiger partial charge in [0.25, 0.3) is 5.91 Å². The molecule has 2 N–H and O–H groups in total. The first-order chi connectivity index (χ1) is 9.78. The van der Waals surface area contributed by atoms with Gasteiger partial charge in [0, 0.05) is 5.56 Å². The molecule has 3 aromatic rings. The standard InChI is InChI=1S/C13H11N5O2/c1-20-9-4-2-8(3-5-9)13(19)18-12-10-11(15-6-14-10)16-7-17-12/h2-7H,1H3,(H2,14,15,16,17,18,19). The van der Waals surface area contributed by atoms with Gasteiger partial charge in [0.15, 0.2) is 17.0 Å². The summed E-state index contributed by atoms with van der Waals surface area (Å²) in [5, 5.41) is 2.71. The lowest BCUT2D eigenvalue weighted by molar-refractivity contribution is 0.102. The molecule has 0 bridgehead atoms. The van der Waals surface area contributed by atoms with Crippen molar-refractivity contribution in [3.8, 4) is 5.75 Å². The molecule has 0 aliphatic heterocycles. The number of nitrogens with one attached hydrogen (secondary N) is 2. The van der Waals surface area contributed by atoms with Crippen molar-refractivity contribution >= 4 is 22.9 Å². The normalized spacial score (nSPS) is 10.4. The second-order valence-electron chi connectivity index (χ2n) is 4.00. The van der Waals surface area contributed by atoms with Gasteiger partial charge in [-0.1, -0.05) is 0 Å². The average molecular weight is 269 g/mol. The van der Waals surface area contributed by atoms with Gasteiger partial charge >= 0.3 is 0 Å². The molecule has 1 amide bonds. The molecule has 2 aromatic heterocycles. The van der Waals surface area contributed by atoms with E-state index in [-0.39, 0.29) is 5.91 Å². The van der Waals surface area contributed by atoms with E-state index < -0.39 is 0 Å². The van der Waals surface area contributed by atoms with Gasteiger partial charge in [-0.05, 0) is 24.3 Å². The highest BCUT2D eigenvalue weighted by Crippen LogP contribution is 2.16. The maximum atomic E-state index is 12.1. The van der Waals surface area contributed by atoms with E-state index in [0.717, 1.165) is 0 Å². The lowest BCUT2D eigenvalue weighted by atomic mass is 10.2. The number of hydrogen-bond donors (Lipinski definition) is 2. The summed E-state index contributed by atoms with van der Waals surface area (Å²) in [7, 11) is 1.57. The first-order valence-electron chi connectivity index (χ1n) is 5.87. The fourth-order valence-corrected chi connectivity index (χ4v) is 1.78. The van der Waals surface area contributed by atoms with Gasteiger partial charge < -0.3 is 15.0 Å². The van der Waals surface area contributed by atoms with Crippen molar-refractivity contribution < 1.29 is 9.53 Å². The molecule has 0 atom stereocenters. The lowest BCUT2D eigenvalue weighted by Crippen LogP contribution is -2.13. The summed E-state index contributed by atoms with van der Waals surface area (Å²) in [5.41, 5.74) is 1.60. The van der Waals surface area contributed by atoms with Crippen LogP contribution in [-0.2, 0) is 0 Å². The predicted octanol–water partition coefficient (Wildman–Crippen LogP) is 1.61. The number of carbonyl (C=O) groups excluding carboxylic acids is 1. The number of rotatable bonds is 3. The van der Waals surface area contributed by atoms with Crippen molar-refractivity contribution in [1.29, 1.82) is 0 Å². The van der Waals surface area contributed by atoms with Gasteiger partial charge in [-0.2, -0.15) is 0 Å². The molecule has 7 nitrogen and oxygen atoms in total. The topological polar surface area (TPSA) is 92.8 Å². The second kappa shape index (κ2) is 4.96. The van der Waals surface area contributed by atoms with Crippen LogP contribution in [0.3, 0.4) is 0 Å². The van der Waals surface area contributed by atoms with Crippen LogP contribution in [0.4, 0.5) is 5.82 Å². The van der Waals surface area contributed by atoms with Crippen molar-refractivity contribution in [1.82, 2.24) is 19.9 Å². The molecule has 1 aromatic carbocycles. The lowest BCUT2D eigenvalue weighted by Gasteiger charge is -2.05. The quantitative estimate of drug-likeness (QED) is 0.753. The van der Waals surface area contributed by atoms with Crippen LogP contribution in [0.5, 0.6) is 5.75 Å². The number of fused-ring (bicyclic) bond motifs is 1. The number of anilines is 1. The van der Waals surface area contributed by atoms with Gasteiger partial charge in [0.1, 0.15) is 12.1 Å². The van der Waals surface area contributed by atoms with Crippen molar-refractivity contribution in [3.63, 3.8) is 0 Å². The van der Waals surface area contributed by atoms with Crippen molar-refractivity contribution in [2.75, 3.05) is 12.4 Å². The maximum absolute atomic E-state index is 12.1. The number of methoxy groups -OCH3 is 1. The third-order valence-electron chi connectivity index (χ3n) is 2.80.